The number of carbonyl (C=O) groups excluding carboxylic acids is 1. The van der Waals surface area contributed by atoms with Crippen LogP contribution in [0, 0.1) is 0 Å². The molecule has 1 amide bonds. The van der Waals surface area contributed by atoms with E-state index in [0.29, 0.717) is 18.3 Å². The third-order valence-corrected chi connectivity index (χ3v) is 3.10. The van der Waals surface area contributed by atoms with E-state index < -0.39 is 5.91 Å². The first-order valence-electron chi connectivity index (χ1n) is 6.60. The smallest absolute Gasteiger partial charge is 0.274 e. The van der Waals surface area contributed by atoms with Crippen molar-refractivity contribution in [1.82, 2.24) is 20.4 Å². The van der Waals surface area contributed by atoms with Gasteiger partial charge in [0, 0.05) is 12.8 Å². The minimum atomic E-state index is -0.503. The Morgan fingerprint density at radius 3 is 3.19 bits per heavy atom. The zero-order chi connectivity index (χ0) is 14.7. The molecular weight excluding hydrogens is 276 g/mol. The number of ether oxygens (including phenoxy) is 1. The average molecular weight is 290 g/mol. The fraction of sp³-hybridized carbons (Fsp3) is 0.385. The quantitative estimate of drug-likeness (QED) is 0.862. The van der Waals surface area contributed by atoms with Gasteiger partial charge in [0.15, 0.2) is 11.5 Å². The fourth-order valence-electron chi connectivity index (χ4n) is 2.06. The molecule has 1 atom stereocenters. The van der Waals surface area contributed by atoms with Crippen LogP contribution in [0.1, 0.15) is 41.1 Å². The monoisotopic (exact) mass is 290 g/mol. The predicted molar refractivity (Wildman–Crippen MR) is 69.3 cm³/mol. The standard InChI is InChI=1S/C13H14N4O4/c18-8-3-1-5-14-11(8)12(19)15-7-10-16-13(21-17-10)9-4-2-6-20-9/h1,3,5,9,18H,2,4,6-7H2,(H,15,19)/t9-/m0/s1. The number of pyridine rings is 1. The number of nitrogens with zero attached hydrogens (tertiary/aromatic N) is 3. The van der Waals surface area contributed by atoms with Gasteiger partial charge in [-0.1, -0.05) is 5.16 Å². The third kappa shape index (κ3) is 3.00. The Morgan fingerprint density at radius 1 is 1.52 bits per heavy atom. The molecule has 2 aromatic rings. The Labute approximate surface area is 120 Å². The maximum atomic E-state index is 11.9. The number of amides is 1. The summed E-state index contributed by atoms with van der Waals surface area (Å²) < 4.78 is 10.5. The van der Waals surface area contributed by atoms with Crippen LogP contribution in [0.4, 0.5) is 0 Å². The molecule has 2 N–H and O–H groups in total. The van der Waals surface area contributed by atoms with Gasteiger partial charge in [-0.05, 0) is 25.0 Å². The number of rotatable bonds is 4. The number of nitrogens with one attached hydrogen (secondary N) is 1. The number of carbonyl (C=O) groups is 1. The molecule has 3 heterocycles. The van der Waals surface area contributed by atoms with Gasteiger partial charge < -0.3 is 19.7 Å². The lowest BCUT2D eigenvalue weighted by Crippen LogP contribution is -2.24. The van der Waals surface area contributed by atoms with E-state index in [1.807, 2.05) is 0 Å². The number of hydrogen-bond donors (Lipinski definition) is 2. The molecule has 0 aliphatic carbocycles. The highest BCUT2D eigenvalue weighted by atomic mass is 16.5. The first-order valence-corrected chi connectivity index (χ1v) is 6.60. The maximum Gasteiger partial charge on any atom is 0.274 e. The third-order valence-electron chi connectivity index (χ3n) is 3.10. The minimum absolute atomic E-state index is 0.0413. The van der Waals surface area contributed by atoms with Crippen molar-refractivity contribution in [1.29, 1.82) is 0 Å². The van der Waals surface area contributed by atoms with Crippen LogP contribution in [0.3, 0.4) is 0 Å². The largest absolute Gasteiger partial charge is 0.505 e. The first kappa shape index (κ1) is 13.5. The molecule has 3 rings (SSSR count). The zero-order valence-electron chi connectivity index (χ0n) is 11.2. The van der Waals surface area contributed by atoms with Crippen LogP contribution in [0.25, 0.3) is 0 Å². The van der Waals surface area contributed by atoms with Crippen molar-refractivity contribution in [2.45, 2.75) is 25.5 Å². The van der Waals surface area contributed by atoms with Crippen molar-refractivity contribution >= 4 is 5.91 Å². The fourth-order valence-corrected chi connectivity index (χ4v) is 2.06. The van der Waals surface area contributed by atoms with Crippen LogP contribution >= 0.6 is 0 Å². The Bertz CT molecular complexity index is 637. The molecule has 0 bridgehead atoms. The highest BCUT2D eigenvalue weighted by molar-refractivity contribution is 5.94. The van der Waals surface area contributed by atoms with Gasteiger partial charge in [-0.15, -0.1) is 0 Å². The first-order chi connectivity index (χ1) is 10.2. The van der Waals surface area contributed by atoms with Crippen LogP contribution in [-0.2, 0) is 11.3 Å². The summed E-state index contributed by atoms with van der Waals surface area (Å²) in [5.74, 6) is 0.0985. The van der Waals surface area contributed by atoms with E-state index in [9.17, 15) is 9.90 Å². The summed E-state index contributed by atoms with van der Waals surface area (Å²) in [5.41, 5.74) is -0.0413. The van der Waals surface area contributed by atoms with Crippen LogP contribution in [-0.4, -0.2) is 32.7 Å². The zero-order valence-corrected chi connectivity index (χ0v) is 11.2. The molecule has 1 fully saturated rings. The van der Waals surface area contributed by atoms with E-state index in [1.54, 1.807) is 6.07 Å². The maximum absolute atomic E-state index is 11.9. The van der Waals surface area contributed by atoms with Gasteiger partial charge in [0.2, 0.25) is 0 Å². The summed E-state index contributed by atoms with van der Waals surface area (Å²) in [4.78, 5) is 19.8. The summed E-state index contributed by atoms with van der Waals surface area (Å²) in [7, 11) is 0. The lowest BCUT2D eigenvalue weighted by molar-refractivity contribution is 0.0835. The molecule has 0 saturated carbocycles. The van der Waals surface area contributed by atoms with Crippen molar-refractivity contribution in [3.05, 3.63) is 35.7 Å². The second-order valence-electron chi connectivity index (χ2n) is 4.60. The molecule has 0 aromatic carbocycles. The van der Waals surface area contributed by atoms with Crippen LogP contribution in [0.5, 0.6) is 5.75 Å². The topological polar surface area (TPSA) is 110 Å². The molecule has 0 radical (unpaired) electrons. The van der Waals surface area contributed by atoms with Crippen molar-refractivity contribution in [3.8, 4) is 5.75 Å². The lowest BCUT2D eigenvalue weighted by atomic mass is 10.2. The molecular formula is C13H14N4O4. The molecule has 110 valence electrons. The second kappa shape index (κ2) is 5.88. The molecule has 2 aromatic heterocycles. The van der Waals surface area contributed by atoms with Crippen molar-refractivity contribution in [2.75, 3.05) is 6.61 Å². The van der Waals surface area contributed by atoms with Crippen molar-refractivity contribution in [3.63, 3.8) is 0 Å². The molecule has 8 nitrogen and oxygen atoms in total. The molecule has 0 unspecified atom stereocenters. The van der Waals surface area contributed by atoms with E-state index in [1.165, 1.54) is 12.3 Å². The summed E-state index contributed by atoms with van der Waals surface area (Å²) in [6.45, 7) is 0.781. The Morgan fingerprint density at radius 2 is 2.43 bits per heavy atom. The van der Waals surface area contributed by atoms with E-state index in [0.717, 1.165) is 12.8 Å². The van der Waals surface area contributed by atoms with Crippen LogP contribution < -0.4 is 5.32 Å². The highest BCUT2D eigenvalue weighted by Gasteiger charge is 2.24. The van der Waals surface area contributed by atoms with Gasteiger partial charge in [-0.2, -0.15) is 4.98 Å². The normalized spacial score (nSPS) is 17.8. The summed E-state index contributed by atoms with van der Waals surface area (Å²) in [6.07, 6.45) is 3.11. The molecule has 1 aliphatic heterocycles. The second-order valence-corrected chi connectivity index (χ2v) is 4.60. The SMILES string of the molecule is O=C(NCc1noc([C@@H]2CCCO2)n1)c1ncccc1O. The van der Waals surface area contributed by atoms with Gasteiger partial charge in [0.05, 0.1) is 6.54 Å². The number of aromatic nitrogens is 3. The van der Waals surface area contributed by atoms with Gasteiger partial charge in [0.1, 0.15) is 11.9 Å². The van der Waals surface area contributed by atoms with Crippen LogP contribution in [0.2, 0.25) is 0 Å². The van der Waals surface area contributed by atoms with E-state index in [2.05, 4.69) is 20.4 Å². The average Bonchev–Trinajstić information content (AvgIpc) is 3.16. The van der Waals surface area contributed by atoms with Crippen molar-refractivity contribution < 1.29 is 19.2 Å². The molecule has 1 saturated heterocycles. The summed E-state index contributed by atoms with van der Waals surface area (Å²) in [5, 5.41) is 15.9. The van der Waals surface area contributed by atoms with Gasteiger partial charge in [0.25, 0.3) is 11.8 Å². The Balaban J connectivity index is 1.60. The number of aromatic hydroxyl groups is 1. The molecule has 1 aliphatic rings. The van der Waals surface area contributed by atoms with E-state index in [-0.39, 0.29) is 24.1 Å². The Kier molecular flexibility index (Phi) is 3.78. The summed E-state index contributed by atoms with van der Waals surface area (Å²) in [6, 6.07) is 2.94. The lowest BCUT2D eigenvalue weighted by Gasteiger charge is -2.03. The number of hydrogen-bond acceptors (Lipinski definition) is 7. The van der Waals surface area contributed by atoms with Gasteiger partial charge >= 0.3 is 0 Å². The van der Waals surface area contributed by atoms with E-state index >= 15 is 0 Å². The molecule has 21 heavy (non-hydrogen) atoms. The van der Waals surface area contributed by atoms with Crippen molar-refractivity contribution in [2.24, 2.45) is 0 Å². The summed E-state index contributed by atoms with van der Waals surface area (Å²) >= 11 is 0. The highest BCUT2D eigenvalue weighted by Crippen LogP contribution is 2.26. The molecule has 8 heteroatoms. The minimum Gasteiger partial charge on any atom is -0.505 e. The predicted octanol–water partition coefficient (Wildman–Crippen LogP) is 0.952. The molecule has 0 spiro atoms. The Hall–Kier alpha value is -2.48. The van der Waals surface area contributed by atoms with Gasteiger partial charge in [-0.25, -0.2) is 4.98 Å². The van der Waals surface area contributed by atoms with Crippen LogP contribution in [0.15, 0.2) is 22.9 Å². The van der Waals surface area contributed by atoms with E-state index in [4.69, 9.17) is 9.26 Å². The van der Waals surface area contributed by atoms with Gasteiger partial charge in [-0.3, -0.25) is 4.79 Å².